The van der Waals surface area contributed by atoms with Crippen LogP contribution >= 0.6 is 0 Å². The van der Waals surface area contributed by atoms with Crippen LogP contribution in [0.25, 0.3) is 83.4 Å². The number of hydrogen-bond donors (Lipinski definition) is 0. The summed E-state index contributed by atoms with van der Waals surface area (Å²) in [6.07, 6.45) is 0. The van der Waals surface area contributed by atoms with Gasteiger partial charge in [-0.05, 0) is 94.1 Å². The number of imidazole rings is 1. The van der Waals surface area contributed by atoms with E-state index >= 15 is 0 Å². The summed E-state index contributed by atoms with van der Waals surface area (Å²) in [6, 6.07) is 55.0. The average Bonchev–Trinajstić information content (AvgIpc) is 3.72. The van der Waals surface area contributed by atoms with Crippen LogP contribution < -0.4 is 4.57 Å². The molecule has 0 radical (unpaired) electrons. The molecule has 0 unspecified atom stereocenters. The Hall–Kier alpha value is -6.19. The van der Waals surface area contributed by atoms with Crippen molar-refractivity contribution in [2.45, 2.75) is 46.5 Å². The molecule has 0 N–H and O–H groups in total. The predicted molar refractivity (Wildman–Crippen MR) is 226 cm³/mol. The van der Waals surface area contributed by atoms with Gasteiger partial charge in [-0.2, -0.15) is 4.57 Å². The van der Waals surface area contributed by atoms with E-state index in [1.54, 1.807) is 0 Å². The fourth-order valence-electron chi connectivity index (χ4n) is 8.32. The SMILES string of the molecule is Cc1ccc2c(oc3cc(-c4ccccc4)ccc32)c1-c1n(-c2c(C(C)C)cc(-c3ccc(-c4ccccc4)cc3)cc2C(C)C)c2ccccc2[n+]1C. The molecule has 0 aliphatic heterocycles. The Kier molecular flexibility index (Phi) is 8.31. The lowest BCUT2D eigenvalue weighted by molar-refractivity contribution is -0.633. The summed E-state index contributed by atoms with van der Waals surface area (Å²) >= 11 is 0. The molecule has 3 heteroatoms. The molecule has 2 aromatic heterocycles. The average molecular weight is 702 g/mol. The molecule has 264 valence electrons. The number of hydrogen-bond acceptors (Lipinski definition) is 1. The lowest BCUT2D eigenvalue weighted by Gasteiger charge is -2.21. The second kappa shape index (κ2) is 13.3. The Balaban J connectivity index is 1.30. The van der Waals surface area contributed by atoms with E-state index in [1.165, 1.54) is 61.2 Å². The van der Waals surface area contributed by atoms with Crippen molar-refractivity contribution in [3.63, 3.8) is 0 Å². The van der Waals surface area contributed by atoms with E-state index in [0.717, 1.165) is 38.9 Å². The predicted octanol–water partition coefficient (Wildman–Crippen LogP) is 13.6. The van der Waals surface area contributed by atoms with Crippen molar-refractivity contribution in [3.05, 3.63) is 168 Å². The second-order valence-electron chi connectivity index (χ2n) is 15.3. The highest BCUT2D eigenvalue weighted by Crippen LogP contribution is 2.43. The van der Waals surface area contributed by atoms with Crippen molar-refractivity contribution < 1.29 is 8.98 Å². The molecule has 0 saturated heterocycles. The van der Waals surface area contributed by atoms with E-state index in [2.05, 4.69) is 202 Å². The lowest BCUT2D eigenvalue weighted by atomic mass is 9.87. The summed E-state index contributed by atoms with van der Waals surface area (Å²) in [6.45, 7) is 11.5. The normalized spacial score (nSPS) is 11.9. The van der Waals surface area contributed by atoms with E-state index in [1.807, 2.05) is 0 Å². The van der Waals surface area contributed by atoms with E-state index in [9.17, 15) is 0 Å². The Labute approximate surface area is 317 Å². The molecule has 0 fully saturated rings. The zero-order valence-corrected chi connectivity index (χ0v) is 31.9. The van der Waals surface area contributed by atoms with Crippen molar-refractivity contribution in [2.24, 2.45) is 7.05 Å². The maximum Gasteiger partial charge on any atom is 0.299 e. The minimum absolute atomic E-state index is 0.278. The highest BCUT2D eigenvalue weighted by Gasteiger charge is 2.34. The molecule has 2 heterocycles. The number of para-hydroxylation sites is 2. The van der Waals surface area contributed by atoms with Crippen LogP contribution in [-0.2, 0) is 7.05 Å². The van der Waals surface area contributed by atoms with Gasteiger partial charge in [-0.25, -0.2) is 4.57 Å². The van der Waals surface area contributed by atoms with Gasteiger partial charge in [-0.1, -0.05) is 143 Å². The first kappa shape index (κ1) is 33.6. The number of benzene rings is 7. The van der Waals surface area contributed by atoms with Crippen molar-refractivity contribution >= 4 is 33.0 Å². The summed E-state index contributed by atoms with van der Waals surface area (Å²) in [5.74, 6) is 1.67. The molecule has 7 aromatic carbocycles. The van der Waals surface area contributed by atoms with E-state index in [-0.39, 0.29) is 11.8 Å². The topological polar surface area (TPSA) is 21.9 Å². The third-order valence-electron chi connectivity index (χ3n) is 11.2. The largest absolute Gasteiger partial charge is 0.455 e. The molecule has 0 bridgehead atoms. The van der Waals surface area contributed by atoms with Crippen molar-refractivity contribution in [3.8, 4) is 50.5 Å². The first-order valence-corrected chi connectivity index (χ1v) is 19.1. The first-order valence-electron chi connectivity index (χ1n) is 19.1. The summed E-state index contributed by atoms with van der Waals surface area (Å²) in [5.41, 5.74) is 17.7. The van der Waals surface area contributed by atoms with Gasteiger partial charge in [0.05, 0.1) is 7.05 Å². The van der Waals surface area contributed by atoms with Gasteiger partial charge in [0.25, 0.3) is 5.82 Å². The van der Waals surface area contributed by atoms with Gasteiger partial charge in [0, 0.05) is 21.9 Å². The van der Waals surface area contributed by atoms with E-state index < -0.39 is 0 Å². The monoisotopic (exact) mass is 701 g/mol. The number of furan rings is 1. The van der Waals surface area contributed by atoms with Crippen LogP contribution in [0.3, 0.4) is 0 Å². The van der Waals surface area contributed by atoms with Crippen molar-refractivity contribution in [2.75, 3.05) is 0 Å². The van der Waals surface area contributed by atoms with Gasteiger partial charge < -0.3 is 4.42 Å². The fourth-order valence-corrected chi connectivity index (χ4v) is 8.32. The van der Waals surface area contributed by atoms with E-state index in [0.29, 0.717) is 0 Å². The quantitative estimate of drug-likeness (QED) is 0.152. The van der Waals surface area contributed by atoms with Crippen molar-refractivity contribution in [1.29, 1.82) is 0 Å². The summed E-state index contributed by atoms with van der Waals surface area (Å²) in [4.78, 5) is 0. The highest BCUT2D eigenvalue weighted by molar-refractivity contribution is 6.10. The molecule has 3 nitrogen and oxygen atoms in total. The van der Waals surface area contributed by atoms with Gasteiger partial charge in [-0.3, -0.25) is 0 Å². The van der Waals surface area contributed by atoms with Crippen LogP contribution in [0.15, 0.2) is 156 Å². The third-order valence-corrected chi connectivity index (χ3v) is 11.2. The molecule has 9 aromatic rings. The molecule has 0 spiro atoms. The molecule has 0 saturated carbocycles. The molecular weight excluding hydrogens is 657 g/mol. The summed E-state index contributed by atoms with van der Waals surface area (Å²) < 4.78 is 11.9. The maximum absolute atomic E-state index is 6.97. The minimum Gasteiger partial charge on any atom is -0.455 e. The number of fused-ring (bicyclic) bond motifs is 4. The molecule has 54 heavy (non-hydrogen) atoms. The smallest absolute Gasteiger partial charge is 0.299 e. The Morgan fingerprint density at radius 1 is 0.519 bits per heavy atom. The molecule has 0 atom stereocenters. The molecule has 9 rings (SSSR count). The first-order chi connectivity index (χ1) is 26.3. The second-order valence-corrected chi connectivity index (χ2v) is 15.3. The number of nitrogens with zero attached hydrogens (tertiary/aromatic N) is 2. The minimum atomic E-state index is 0.278. The zero-order valence-electron chi connectivity index (χ0n) is 31.9. The highest BCUT2D eigenvalue weighted by atomic mass is 16.3. The number of aromatic nitrogens is 2. The molecular formula is C51H45N2O+. The van der Waals surface area contributed by atoms with Crippen LogP contribution in [0, 0.1) is 6.92 Å². The van der Waals surface area contributed by atoms with Crippen LogP contribution in [0.1, 0.15) is 56.2 Å². The molecule has 0 aliphatic carbocycles. The van der Waals surface area contributed by atoms with Crippen molar-refractivity contribution in [1.82, 2.24) is 4.57 Å². The van der Waals surface area contributed by atoms with Crippen LogP contribution in [0.5, 0.6) is 0 Å². The van der Waals surface area contributed by atoms with Gasteiger partial charge in [0.1, 0.15) is 16.8 Å². The molecule has 0 aliphatic rings. The maximum atomic E-state index is 6.97. The van der Waals surface area contributed by atoms with Crippen LogP contribution in [0.2, 0.25) is 0 Å². The van der Waals surface area contributed by atoms with Gasteiger partial charge >= 0.3 is 0 Å². The zero-order chi connectivity index (χ0) is 37.1. The van der Waals surface area contributed by atoms with Gasteiger partial charge in [0.15, 0.2) is 16.6 Å². The third kappa shape index (κ3) is 5.54. The molecule has 0 amide bonds. The standard InChI is InChI=1S/C51H45N2O/c1-32(2)43-29-40(38-24-22-37(23-25-38)35-15-9-7-10-16-35)30-44(33(3)4)49(43)53-46-20-14-13-19-45(46)52(6)51(53)48-34(5)21-27-42-41-28-26-39(31-47(41)54-50(42)48)36-17-11-8-12-18-36/h7-33H,1-6H3/q+1. The summed E-state index contributed by atoms with van der Waals surface area (Å²) in [7, 11) is 2.20. The Bertz CT molecular complexity index is 2790. The van der Waals surface area contributed by atoms with Crippen LogP contribution in [0.4, 0.5) is 0 Å². The Morgan fingerprint density at radius 3 is 1.67 bits per heavy atom. The number of rotatable bonds is 7. The summed E-state index contributed by atoms with van der Waals surface area (Å²) in [5, 5.41) is 2.26. The Morgan fingerprint density at radius 2 is 1.04 bits per heavy atom. The number of aryl methyl sites for hydroxylation is 2. The fraction of sp³-hybridized carbons (Fsp3) is 0.157. The van der Waals surface area contributed by atoms with E-state index in [4.69, 9.17) is 4.42 Å². The van der Waals surface area contributed by atoms with Crippen LogP contribution in [-0.4, -0.2) is 4.57 Å². The van der Waals surface area contributed by atoms with Gasteiger partial charge in [-0.15, -0.1) is 0 Å². The van der Waals surface area contributed by atoms with Gasteiger partial charge in [0.2, 0.25) is 0 Å². The lowest BCUT2D eigenvalue weighted by Crippen LogP contribution is -2.30.